The van der Waals surface area contributed by atoms with Crippen molar-refractivity contribution in [3.05, 3.63) is 89.0 Å². The quantitative estimate of drug-likeness (QED) is 0.386. The highest BCUT2D eigenvalue weighted by atomic mass is 35.5. The van der Waals surface area contributed by atoms with E-state index in [2.05, 4.69) is 17.2 Å². The van der Waals surface area contributed by atoms with Crippen LogP contribution in [0.1, 0.15) is 48.3 Å². The average molecular weight is 450 g/mol. The summed E-state index contributed by atoms with van der Waals surface area (Å²) in [5.74, 6) is 0.466. The van der Waals surface area contributed by atoms with Crippen LogP contribution < -0.4 is 10.1 Å². The number of rotatable bonds is 8. The fourth-order valence-corrected chi connectivity index (χ4v) is 3.35. The number of anilines is 1. The molecule has 1 heterocycles. The van der Waals surface area contributed by atoms with Crippen LogP contribution in [0.3, 0.4) is 0 Å². The van der Waals surface area contributed by atoms with E-state index in [9.17, 15) is 4.79 Å². The Kier molecular flexibility index (Phi) is 7.90. The van der Waals surface area contributed by atoms with E-state index in [1.54, 1.807) is 19.5 Å². The van der Waals surface area contributed by atoms with Gasteiger partial charge in [-0.3, -0.25) is 4.79 Å². The first-order valence-electron chi connectivity index (χ1n) is 10.6. The molecule has 166 valence electrons. The van der Waals surface area contributed by atoms with E-state index < -0.39 is 0 Å². The molecule has 3 rings (SSSR count). The van der Waals surface area contributed by atoms with E-state index in [0.717, 1.165) is 34.8 Å². The Balaban J connectivity index is 1.76. The normalized spacial score (nSPS) is 12.0. The lowest BCUT2D eigenvalue weighted by atomic mass is 10.0. The molecule has 5 nitrogen and oxygen atoms in total. The molecule has 0 bridgehead atoms. The summed E-state index contributed by atoms with van der Waals surface area (Å²) in [5, 5.41) is 3.76. The highest BCUT2D eigenvalue weighted by Crippen LogP contribution is 2.27. The summed E-state index contributed by atoms with van der Waals surface area (Å²) >= 11 is 6.12. The van der Waals surface area contributed by atoms with E-state index in [-0.39, 0.29) is 5.91 Å². The molecule has 0 aliphatic carbocycles. The van der Waals surface area contributed by atoms with Crippen LogP contribution in [0.25, 0.3) is 11.3 Å². The van der Waals surface area contributed by atoms with E-state index >= 15 is 0 Å². The highest BCUT2D eigenvalue weighted by molar-refractivity contribution is 6.29. The van der Waals surface area contributed by atoms with Crippen LogP contribution >= 0.6 is 11.6 Å². The monoisotopic (exact) mass is 449 g/mol. The van der Waals surface area contributed by atoms with Crippen molar-refractivity contribution in [1.29, 1.82) is 0 Å². The van der Waals surface area contributed by atoms with Gasteiger partial charge in [-0.05, 0) is 61.2 Å². The van der Waals surface area contributed by atoms with Gasteiger partial charge in [0.05, 0.1) is 24.8 Å². The van der Waals surface area contributed by atoms with Gasteiger partial charge in [-0.15, -0.1) is 0 Å². The van der Waals surface area contributed by atoms with Crippen molar-refractivity contribution >= 4 is 28.8 Å². The van der Waals surface area contributed by atoms with Gasteiger partial charge < -0.3 is 14.6 Å². The van der Waals surface area contributed by atoms with Crippen LogP contribution in [0.5, 0.6) is 5.75 Å². The van der Waals surface area contributed by atoms with Gasteiger partial charge in [0.2, 0.25) is 0 Å². The summed E-state index contributed by atoms with van der Waals surface area (Å²) in [7, 11) is 1.61. The molecule has 3 aromatic rings. The van der Waals surface area contributed by atoms with Gasteiger partial charge in [0, 0.05) is 28.5 Å². The zero-order valence-corrected chi connectivity index (χ0v) is 19.6. The molecule has 32 heavy (non-hydrogen) atoms. The van der Waals surface area contributed by atoms with E-state index in [1.807, 2.05) is 73.2 Å². The number of aryl methyl sites for hydroxylation is 1. The van der Waals surface area contributed by atoms with E-state index in [4.69, 9.17) is 16.3 Å². The number of nitrogens with zero attached hydrogens (tertiary/aromatic N) is 2. The molecule has 0 saturated heterocycles. The number of ether oxygens (including phenoxy) is 1. The van der Waals surface area contributed by atoms with Gasteiger partial charge in [0.15, 0.2) is 0 Å². The minimum Gasteiger partial charge on any atom is -0.494 e. The van der Waals surface area contributed by atoms with Crippen molar-refractivity contribution in [3.8, 4) is 11.4 Å². The van der Waals surface area contributed by atoms with Gasteiger partial charge in [-0.1, -0.05) is 43.7 Å². The van der Waals surface area contributed by atoms with Crippen molar-refractivity contribution < 1.29 is 9.53 Å². The Bertz CT molecular complexity index is 1140. The minimum absolute atomic E-state index is 0.180. The van der Waals surface area contributed by atoms with Crippen LogP contribution in [0.15, 0.2) is 72.2 Å². The predicted octanol–water partition coefficient (Wildman–Crippen LogP) is 6.77. The number of carbonyl (C=O) groups excluding carboxylic acids is 1. The van der Waals surface area contributed by atoms with Gasteiger partial charge in [0.1, 0.15) is 5.75 Å². The molecule has 0 fully saturated rings. The number of halogens is 1. The maximum absolute atomic E-state index is 12.8. The topological polar surface area (TPSA) is 56.2 Å². The predicted molar refractivity (Wildman–Crippen MR) is 132 cm³/mol. The summed E-state index contributed by atoms with van der Waals surface area (Å²) in [6, 6.07) is 13.1. The summed E-state index contributed by atoms with van der Waals surface area (Å²) in [6.07, 6.45) is 9.31. The average Bonchev–Trinajstić information content (AvgIpc) is 3.25. The Morgan fingerprint density at radius 3 is 2.41 bits per heavy atom. The third kappa shape index (κ3) is 5.68. The molecule has 0 aliphatic heterocycles. The number of hydrogen-bond acceptors (Lipinski definition) is 3. The highest BCUT2D eigenvalue weighted by Gasteiger charge is 2.11. The van der Waals surface area contributed by atoms with Crippen LogP contribution in [-0.2, 0) is 0 Å². The second kappa shape index (κ2) is 10.8. The fourth-order valence-electron chi connectivity index (χ4n) is 3.29. The van der Waals surface area contributed by atoms with Crippen molar-refractivity contribution in [2.24, 2.45) is 0 Å². The molecule has 0 spiro atoms. The van der Waals surface area contributed by atoms with Gasteiger partial charge in [-0.25, -0.2) is 4.98 Å². The third-order valence-electron chi connectivity index (χ3n) is 5.13. The van der Waals surface area contributed by atoms with Crippen molar-refractivity contribution in [1.82, 2.24) is 9.55 Å². The Morgan fingerprint density at radius 1 is 1.09 bits per heavy atom. The molecule has 2 aromatic carbocycles. The molecule has 1 N–H and O–H groups in total. The lowest BCUT2D eigenvalue weighted by Gasteiger charge is -2.12. The largest absolute Gasteiger partial charge is 0.494 e. The number of nitrogens with one attached hydrogen (secondary N) is 1. The van der Waals surface area contributed by atoms with Crippen LogP contribution in [0.4, 0.5) is 5.69 Å². The van der Waals surface area contributed by atoms with Gasteiger partial charge >= 0.3 is 0 Å². The second-order valence-corrected chi connectivity index (χ2v) is 7.84. The lowest BCUT2D eigenvalue weighted by molar-refractivity contribution is 0.102. The smallest absolute Gasteiger partial charge is 0.255 e. The van der Waals surface area contributed by atoms with Gasteiger partial charge in [-0.2, -0.15) is 0 Å². The molecule has 6 heteroatoms. The standard InChI is InChI=1S/C26H28ClN3O2/c1-5-19(11-12-22(27)6-2)20-7-9-21(10-8-20)26(31)29-23-13-14-24(25(15-23)32-4)30-16-18(3)28-17-30/h7-17H,5-6H2,1-4H3,(H,29,31)/b19-11+,22-12+. The summed E-state index contributed by atoms with van der Waals surface area (Å²) in [4.78, 5) is 17.0. The third-order valence-corrected chi connectivity index (χ3v) is 5.52. The first-order valence-corrected chi connectivity index (χ1v) is 11.0. The number of imidazole rings is 1. The zero-order chi connectivity index (χ0) is 23.1. The fraction of sp³-hybridized carbons (Fsp3) is 0.231. The number of allylic oxidation sites excluding steroid dienone is 4. The minimum atomic E-state index is -0.180. The van der Waals surface area contributed by atoms with Crippen LogP contribution in [0.2, 0.25) is 0 Å². The Labute approximate surface area is 194 Å². The SMILES string of the molecule is CC/C(Cl)=C\C=C(/CC)c1ccc(C(=O)Nc2ccc(-n3cnc(C)c3)c(OC)c2)cc1. The zero-order valence-electron chi connectivity index (χ0n) is 18.9. The molecule has 0 aliphatic rings. The molecular formula is C26H28ClN3O2. The maximum atomic E-state index is 12.8. The molecule has 1 amide bonds. The van der Waals surface area contributed by atoms with Crippen molar-refractivity contribution in [2.45, 2.75) is 33.6 Å². The first-order chi connectivity index (χ1) is 15.4. The number of methoxy groups -OCH3 is 1. The Morgan fingerprint density at radius 2 is 1.81 bits per heavy atom. The number of benzene rings is 2. The molecular weight excluding hydrogens is 422 g/mol. The second-order valence-electron chi connectivity index (χ2n) is 7.35. The Hall–Kier alpha value is -3.31. The molecule has 0 saturated carbocycles. The van der Waals surface area contributed by atoms with E-state index in [0.29, 0.717) is 17.0 Å². The van der Waals surface area contributed by atoms with Gasteiger partial charge in [0.25, 0.3) is 5.91 Å². The maximum Gasteiger partial charge on any atom is 0.255 e. The molecule has 0 unspecified atom stereocenters. The van der Waals surface area contributed by atoms with Crippen LogP contribution in [0, 0.1) is 6.92 Å². The summed E-state index contributed by atoms with van der Waals surface area (Å²) in [6.45, 7) is 6.05. The number of carbonyl (C=O) groups is 1. The molecule has 0 radical (unpaired) electrons. The van der Waals surface area contributed by atoms with Crippen molar-refractivity contribution in [2.75, 3.05) is 12.4 Å². The molecule has 1 aromatic heterocycles. The number of amides is 1. The summed E-state index contributed by atoms with van der Waals surface area (Å²) in [5.41, 5.74) is 5.25. The summed E-state index contributed by atoms with van der Waals surface area (Å²) < 4.78 is 7.41. The lowest BCUT2D eigenvalue weighted by Crippen LogP contribution is -2.12. The van der Waals surface area contributed by atoms with Crippen molar-refractivity contribution in [3.63, 3.8) is 0 Å². The van der Waals surface area contributed by atoms with Crippen LogP contribution in [-0.4, -0.2) is 22.6 Å². The molecule has 0 atom stereocenters. The van der Waals surface area contributed by atoms with E-state index in [1.165, 1.54) is 5.57 Å². The first kappa shape index (κ1) is 23.4. The number of hydrogen-bond donors (Lipinski definition) is 1. The number of aromatic nitrogens is 2.